The molecule has 104 valence electrons. The molecule has 0 fully saturated rings. The van der Waals surface area contributed by atoms with E-state index in [0.717, 1.165) is 25.7 Å². The standard InChI is InChI=1S/C13H26F3N/c1-3-5-6-7-8-9-12(17-10-4-2)11-13(14,15)16/h12,17H,3-11H2,1-2H3. The van der Waals surface area contributed by atoms with Crippen LogP contribution in [0, 0.1) is 0 Å². The second-order valence-electron chi connectivity index (χ2n) is 4.67. The predicted octanol–water partition coefficient (Wildman–Crippen LogP) is 4.67. The van der Waals surface area contributed by atoms with Crippen molar-refractivity contribution in [2.45, 2.75) is 77.4 Å². The SMILES string of the molecule is CCCCCCCC(CC(F)(F)F)NCCC. The minimum absolute atomic E-state index is 0.392. The second kappa shape index (κ2) is 9.75. The summed E-state index contributed by atoms with van der Waals surface area (Å²) in [4.78, 5) is 0. The van der Waals surface area contributed by atoms with Crippen molar-refractivity contribution in [2.75, 3.05) is 6.54 Å². The van der Waals surface area contributed by atoms with Gasteiger partial charge in [0.25, 0.3) is 0 Å². The van der Waals surface area contributed by atoms with Crippen LogP contribution < -0.4 is 5.32 Å². The topological polar surface area (TPSA) is 12.0 Å². The lowest BCUT2D eigenvalue weighted by Gasteiger charge is -2.20. The fourth-order valence-electron chi connectivity index (χ4n) is 1.90. The summed E-state index contributed by atoms with van der Waals surface area (Å²) in [6, 6.07) is -0.392. The number of hydrogen-bond acceptors (Lipinski definition) is 1. The van der Waals surface area contributed by atoms with Gasteiger partial charge < -0.3 is 5.32 Å². The molecule has 0 aliphatic carbocycles. The molecule has 4 heteroatoms. The molecule has 0 aromatic heterocycles. The molecule has 1 unspecified atom stereocenters. The van der Waals surface area contributed by atoms with Crippen LogP contribution in [0.25, 0.3) is 0 Å². The van der Waals surface area contributed by atoms with Gasteiger partial charge in [0.2, 0.25) is 0 Å². The third kappa shape index (κ3) is 12.0. The molecule has 0 rings (SSSR count). The van der Waals surface area contributed by atoms with E-state index in [9.17, 15) is 13.2 Å². The van der Waals surface area contributed by atoms with Gasteiger partial charge in [-0.25, -0.2) is 0 Å². The van der Waals surface area contributed by atoms with E-state index in [-0.39, 0.29) is 0 Å². The third-order valence-corrected chi connectivity index (χ3v) is 2.82. The van der Waals surface area contributed by atoms with Gasteiger partial charge in [-0.05, 0) is 19.4 Å². The maximum Gasteiger partial charge on any atom is 0.390 e. The van der Waals surface area contributed by atoms with Crippen molar-refractivity contribution in [2.24, 2.45) is 0 Å². The van der Waals surface area contributed by atoms with E-state index in [1.54, 1.807) is 0 Å². The van der Waals surface area contributed by atoms with Gasteiger partial charge in [0.15, 0.2) is 0 Å². The van der Waals surface area contributed by atoms with E-state index >= 15 is 0 Å². The fourth-order valence-corrected chi connectivity index (χ4v) is 1.90. The normalized spacial score (nSPS) is 13.9. The predicted molar refractivity (Wildman–Crippen MR) is 66.1 cm³/mol. The number of hydrogen-bond donors (Lipinski definition) is 1. The van der Waals surface area contributed by atoms with E-state index in [1.807, 2.05) is 6.92 Å². The average molecular weight is 253 g/mol. The highest BCUT2D eigenvalue weighted by Gasteiger charge is 2.31. The van der Waals surface area contributed by atoms with Crippen molar-refractivity contribution < 1.29 is 13.2 Å². The molecule has 0 aromatic carbocycles. The molecule has 0 heterocycles. The van der Waals surface area contributed by atoms with Crippen molar-refractivity contribution >= 4 is 0 Å². The van der Waals surface area contributed by atoms with Gasteiger partial charge in [0.05, 0.1) is 6.42 Å². The lowest BCUT2D eigenvalue weighted by Crippen LogP contribution is -2.34. The van der Waals surface area contributed by atoms with Crippen LogP contribution >= 0.6 is 0 Å². The Morgan fingerprint density at radius 1 is 0.941 bits per heavy atom. The Labute approximate surface area is 103 Å². The van der Waals surface area contributed by atoms with Crippen LogP contribution in [0.5, 0.6) is 0 Å². The van der Waals surface area contributed by atoms with Crippen molar-refractivity contribution in [3.8, 4) is 0 Å². The van der Waals surface area contributed by atoms with Crippen LogP contribution in [-0.2, 0) is 0 Å². The average Bonchev–Trinajstić information content (AvgIpc) is 2.23. The molecule has 0 aromatic rings. The van der Waals surface area contributed by atoms with Gasteiger partial charge in [-0.1, -0.05) is 46.0 Å². The molecule has 0 aliphatic rings. The quantitative estimate of drug-likeness (QED) is 0.558. The molecule has 0 saturated carbocycles. The van der Waals surface area contributed by atoms with Crippen LogP contribution in [0.3, 0.4) is 0 Å². The molecule has 1 nitrogen and oxygen atoms in total. The Balaban J connectivity index is 3.77. The summed E-state index contributed by atoms with van der Waals surface area (Å²) in [6.45, 7) is 4.78. The molecule has 0 aliphatic heterocycles. The molecule has 1 atom stereocenters. The maximum atomic E-state index is 12.3. The summed E-state index contributed by atoms with van der Waals surface area (Å²) < 4.78 is 37.0. The van der Waals surface area contributed by atoms with E-state index in [1.165, 1.54) is 12.8 Å². The van der Waals surface area contributed by atoms with Crippen LogP contribution in [0.4, 0.5) is 13.2 Å². The van der Waals surface area contributed by atoms with E-state index in [2.05, 4.69) is 12.2 Å². The smallest absolute Gasteiger partial charge is 0.314 e. The molecule has 0 saturated heterocycles. The zero-order valence-corrected chi connectivity index (χ0v) is 11.1. The van der Waals surface area contributed by atoms with Crippen LogP contribution in [0.1, 0.15) is 65.2 Å². The zero-order chi connectivity index (χ0) is 13.1. The summed E-state index contributed by atoms with van der Waals surface area (Å²) in [5.41, 5.74) is 0. The van der Waals surface area contributed by atoms with Gasteiger partial charge in [-0.3, -0.25) is 0 Å². The first-order valence-corrected chi connectivity index (χ1v) is 6.79. The van der Waals surface area contributed by atoms with Gasteiger partial charge >= 0.3 is 6.18 Å². The minimum Gasteiger partial charge on any atom is -0.314 e. The molecule has 0 amide bonds. The Kier molecular flexibility index (Phi) is 9.60. The molecule has 17 heavy (non-hydrogen) atoms. The number of unbranched alkanes of at least 4 members (excludes halogenated alkanes) is 4. The number of nitrogens with one attached hydrogen (secondary N) is 1. The van der Waals surface area contributed by atoms with Crippen molar-refractivity contribution in [3.05, 3.63) is 0 Å². The van der Waals surface area contributed by atoms with Crippen molar-refractivity contribution in [3.63, 3.8) is 0 Å². The first-order chi connectivity index (χ1) is 7.99. The number of halogens is 3. The van der Waals surface area contributed by atoms with Crippen LogP contribution in [0.2, 0.25) is 0 Å². The number of alkyl halides is 3. The second-order valence-corrected chi connectivity index (χ2v) is 4.67. The van der Waals surface area contributed by atoms with Crippen LogP contribution in [0.15, 0.2) is 0 Å². The molecule has 0 bridgehead atoms. The van der Waals surface area contributed by atoms with Gasteiger partial charge in [-0.15, -0.1) is 0 Å². The monoisotopic (exact) mass is 253 g/mol. The van der Waals surface area contributed by atoms with Crippen molar-refractivity contribution in [1.29, 1.82) is 0 Å². The molecular weight excluding hydrogens is 227 g/mol. The highest BCUT2D eigenvalue weighted by molar-refractivity contribution is 4.70. The van der Waals surface area contributed by atoms with E-state index in [0.29, 0.717) is 13.0 Å². The van der Waals surface area contributed by atoms with Gasteiger partial charge in [0.1, 0.15) is 0 Å². The van der Waals surface area contributed by atoms with E-state index < -0.39 is 18.6 Å². The first-order valence-electron chi connectivity index (χ1n) is 6.79. The first kappa shape index (κ1) is 16.8. The highest BCUT2D eigenvalue weighted by atomic mass is 19.4. The summed E-state index contributed by atoms with van der Waals surface area (Å²) in [5, 5.41) is 3.00. The van der Waals surface area contributed by atoms with E-state index in [4.69, 9.17) is 0 Å². The lowest BCUT2D eigenvalue weighted by molar-refractivity contribution is -0.140. The Morgan fingerprint density at radius 2 is 1.59 bits per heavy atom. The molecular formula is C13H26F3N. The number of rotatable bonds is 10. The maximum absolute atomic E-state index is 12.3. The lowest BCUT2D eigenvalue weighted by atomic mass is 10.0. The summed E-state index contributed by atoms with van der Waals surface area (Å²) in [7, 11) is 0. The van der Waals surface area contributed by atoms with Crippen molar-refractivity contribution in [1.82, 2.24) is 5.32 Å². The molecule has 1 N–H and O–H groups in total. The summed E-state index contributed by atoms with van der Waals surface area (Å²) in [6.07, 6.45) is 2.23. The Hall–Kier alpha value is -0.250. The molecule has 0 radical (unpaired) electrons. The largest absolute Gasteiger partial charge is 0.390 e. The molecule has 0 spiro atoms. The Morgan fingerprint density at radius 3 is 2.12 bits per heavy atom. The summed E-state index contributed by atoms with van der Waals surface area (Å²) in [5.74, 6) is 0. The zero-order valence-electron chi connectivity index (χ0n) is 11.1. The third-order valence-electron chi connectivity index (χ3n) is 2.82. The fraction of sp³-hybridized carbons (Fsp3) is 1.00. The Bertz CT molecular complexity index is 169. The summed E-state index contributed by atoms with van der Waals surface area (Å²) >= 11 is 0. The minimum atomic E-state index is -4.05. The van der Waals surface area contributed by atoms with Gasteiger partial charge in [-0.2, -0.15) is 13.2 Å². The van der Waals surface area contributed by atoms with Gasteiger partial charge in [0, 0.05) is 6.04 Å². The highest BCUT2D eigenvalue weighted by Crippen LogP contribution is 2.23. The van der Waals surface area contributed by atoms with Crippen LogP contribution in [-0.4, -0.2) is 18.8 Å².